The van der Waals surface area contributed by atoms with Crippen molar-refractivity contribution < 1.29 is 14.7 Å². The molecule has 1 heterocycles. The second kappa shape index (κ2) is 7.96. The van der Waals surface area contributed by atoms with Crippen LogP contribution in [0.1, 0.15) is 67.5 Å². The Hall–Kier alpha value is -1.85. The van der Waals surface area contributed by atoms with Crippen molar-refractivity contribution in [3.05, 3.63) is 17.5 Å². The topological polar surface area (TPSA) is 95.1 Å². The summed E-state index contributed by atoms with van der Waals surface area (Å²) in [5.41, 5.74) is 1.20. The maximum atomic E-state index is 12.2. The summed E-state index contributed by atoms with van der Waals surface area (Å²) in [6.07, 6.45) is 7.55. The van der Waals surface area contributed by atoms with Gasteiger partial charge in [-0.1, -0.05) is 32.1 Å². The van der Waals surface area contributed by atoms with Crippen LogP contribution in [0.3, 0.4) is 0 Å². The number of aliphatic carboxylic acids is 1. The lowest BCUT2D eigenvalue weighted by atomic mass is 9.84. The highest BCUT2D eigenvalue weighted by Gasteiger charge is 2.22. The number of hydrogen-bond donors (Lipinski definition) is 3. The lowest BCUT2D eigenvalue weighted by molar-refractivity contribution is -0.137. The van der Waals surface area contributed by atoms with Crippen molar-refractivity contribution in [1.29, 1.82) is 0 Å². The molecule has 1 aliphatic carbocycles. The van der Waals surface area contributed by atoms with Crippen molar-refractivity contribution in [2.45, 2.75) is 64.3 Å². The third-order valence-electron chi connectivity index (χ3n) is 4.32. The summed E-state index contributed by atoms with van der Waals surface area (Å²) in [5, 5.41) is 18.6. The Labute approximate surface area is 130 Å². The number of carbonyl (C=O) groups excluding carboxylic acids is 1. The first-order valence-electron chi connectivity index (χ1n) is 8.09. The minimum absolute atomic E-state index is 0.0806. The smallest absolute Gasteiger partial charge is 0.303 e. The quantitative estimate of drug-likeness (QED) is 0.721. The molecule has 1 fully saturated rings. The number of rotatable bonds is 7. The first-order chi connectivity index (χ1) is 10.5. The number of nitrogens with zero attached hydrogens (tertiary/aromatic N) is 1. The van der Waals surface area contributed by atoms with Crippen LogP contribution in [0.15, 0.2) is 6.07 Å². The highest BCUT2D eigenvalue weighted by Crippen LogP contribution is 2.28. The Bertz CT molecular complexity index is 506. The molecule has 0 radical (unpaired) electrons. The second-order valence-electron chi connectivity index (χ2n) is 6.28. The van der Waals surface area contributed by atoms with Gasteiger partial charge in [-0.2, -0.15) is 5.10 Å². The predicted octanol–water partition coefficient (Wildman–Crippen LogP) is 2.65. The largest absolute Gasteiger partial charge is 0.481 e. The first-order valence-corrected chi connectivity index (χ1v) is 8.09. The monoisotopic (exact) mass is 307 g/mol. The molecule has 6 heteroatoms. The van der Waals surface area contributed by atoms with E-state index < -0.39 is 5.97 Å². The third-order valence-corrected chi connectivity index (χ3v) is 4.32. The minimum atomic E-state index is -0.821. The SMILES string of the molecule is Cc1cc(C(=O)NC(CCC(=O)O)CC2CCCCC2)n[nH]1. The molecule has 1 atom stereocenters. The molecule has 1 aromatic rings. The van der Waals surface area contributed by atoms with Crippen molar-refractivity contribution in [3.8, 4) is 0 Å². The summed E-state index contributed by atoms with van der Waals surface area (Å²) in [7, 11) is 0. The summed E-state index contributed by atoms with van der Waals surface area (Å²) in [6, 6.07) is 1.60. The maximum absolute atomic E-state index is 12.2. The Morgan fingerprint density at radius 2 is 2.14 bits per heavy atom. The number of aromatic nitrogens is 2. The lowest BCUT2D eigenvalue weighted by Crippen LogP contribution is -2.37. The van der Waals surface area contributed by atoms with Gasteiger partial charge in [-0.05, 0) is 31.7 Å². The number of carbonyl (C=O) groups is 2. The van der Waals surface area contributed by atoms with Gasteiger partial charge in [0.15, 0.2) is 0 Å². The van der Waals surface area contributed by atoms with Gasteiger partial charge in [0, 0.05) is 18.2 Å². The van der Waals surface area contributed by atoms with E-state index in [1.807, 2.05) is 6.92 Å². The third kappa shape index (κ3) is 5.16. The fourth-order valence-electron chi connectivity index (χ4n) is 3.17. The molecule has 1 aliphatic rings. The van der Waals surface area contributed by atoms with E-state index in [9.17, 15) is 9.59 Å². The fourth-order valence-corrected chi connectivity index (χ4v) is 3.17. The average molecular weight is 307 g/mol. The molecule has 1 saturated carbocycles. The lowest BCUT2D eigenvalue weighted by Gasteiger charge is -2.26. The molecule has 1 amide bonds. The molecule has 1 aromatic heterocycles. The highest BCUT2D eigenvalue weighted by molar-refractivity contribution is 5.92. The van der Waals surface area contributed by atoms with Crippen LogP contribution in [-0.2, 0) is 4.79 Å². The summed E-state index contributed by atoms with van der Waals surface area (Å²) >= 11 is 0. The number of H-pyrrole nitrogens is 1. The molecular weight excluding hydrogens is 282 g/mol. The molecule has 22 heavy (non-hydrogen) atoms. The minimum Gasteiger partial charge on any atom is -0.481 e. The Kier molecular flexibility index (Phi) is 5.98. The zero-order valence-corrected chi connectivity index (χ0v) is 13.1. The number of nitrogens with one attached hydrogen (secondary N) is 2. The van der Waals surface area contributed by atoms with Crippen molar-refractivity contribution in [2.75, 3.05) is 0 Å². The Morgan fingerprint density at radius 3 is 2.73 bits per heavy atom. The van der Waals surface area contributed by atoms with E-state index in [4.69, 9.17) is 5.11 Å². The number of aryl methyl sites for hydroxylation is 1. The van der Waals surface area contributed by atoms with E-state index >= 15 is 0 Å². The normalized spacial score (nSPS) is 17.1. The number of hydrogen-bond acceptors (Lipinski definition) is 3. The van der Waals surface area contributed by atoms with Gasteiger partial charge < -0.3 is 10.4 Å². The molecule has 0 aliphatic heterocycles. The molecule has 0 saturated heterocycles. The maximum Gasteiger partial charge on any atom is 0.303 e. The van der Waals surface area contributed by atoms with Crippen LogP contribution in [0.4, 0.5) is 0 Å². The van der Waals surface area contributed by atoms with Gasteiger partial charge in [0.2, 0.25) is 0 Å². The molecule has 0 spiro atoms. The van der Waals surface area contributed by atoms with E-state index in [1.165, 1.54) is 32.1 Å². The highest BCUT2D eigenvalue weighted by atomic mass is 16.4. The number of carboxylic acid groups (broad SMARTS) is 1. The Morgan fingerprint density at radius 1 is 1.41 bits per heavy atom. The number of amides is 1. The van der Waals surface area contributed by atoms with E-state index in [0.29, 0.717) is 18.0 Å². The molecule has 2 rings (SSSR count). The van der Waals surface area contributed by atoms with Crippen LogP contribution in [0.5, 0.6) is 0 Å². The molecule has 1 unspecified atom stereocenters. The van der Waals surface area contributed by atoms with Crippen molar-refractivity contribution in [1.82, 2.24) is 15.5 Å². The van der Waals surface area contributed by atoms with E-state index in [2.05, 4.69) is 15.5 Å². The predicted molar refractivity (Wildman–Crippen MR) is 82.6 cm³/mol. The van der Waals surface area contributed by atoms with Gasteiger partial charge >= 0.3 is 5.97 Å². The van der Waals surface area contributed by atoms with Crippen LogP contribution in [0, 0.1) is 12.8 Å². The fraction of sp³-hybridized carbons (Fsp3) is 0.688. The average Bonchev–Trinajstić information content (AvgIpc) is 2.92. The van der Waals surface area contributed by atoms with Crippen molar-refractivity contribution in [2.24, 2.45) is 5.92 Å². The van der Waals surface area contributed by atoms with Gasteiger partial charge in [0.05, 0.1) is 0 Å². The summed E-state index contributed by atoms with van der Waals surface area (Å²) in [6.45, 7) is 1.84. The van der Waals surface area contributed by atoms with Crippen LogP contribution < -0.4 is 5.32 Å². The van der Waals surface area contributed by atoms with Crippen molar-refractivity contribution >= 4 is 11.9 Å². The standard InChI is InChI=1S/C16H25N3O3/c1-11-9-14(19-18-11)16(22)17-13(7-8-15(20)21)10-12-5-3-2-4-6-12/h9,12-13H,2-8,10H2,1H3,(H,17,22)(H,18,19)(H,20,21). The molecule has 0 bridgehead atoms. The van der Waals surface area contributed by atoms with Gasteiger partial charge in [-0.15, -0.1) is 0 Å². The van der Waals surface area contributed by atoms with Gasteiger partial charge in [-0.3, -0.25) is 14.7 Å². The Balaban J connectivity index is 1.93. The summed E-state index contributed by atoms with van der Waals surface area (Å²) in [5.74, 6) is -0.456. The van der Waals surface area contributed by atoms with E-state index in [-0.39, 0.29) is 18.4 Å². The molecule has 122 valence electrons. The molecular formula is C16H25N3O3. The van der Waals surface area contributed by atoms with Crippen LogP contribution in [0.25, 0.3) is 0 Å². The van der Waals surface area contributed by atoms with E-state index in [1.54, 1.807) is 6.07 Å². The van der Waals surface area contributed by atoms with Crippen LogP contribution in [0.2, 0.25) is 0 Å². The second-order valence-corrected chi connectivity index (χ2v) is 6.28. The van der Waals surface area contributed by atoms with Crippen LogP contribution >= 0.6 is 0 Å². The molecule has 0 aromatic carbocycles. The van der Waals surface area contributed by atoms with Crippen molar-refractivity contribution in [3.63, 3.8) is 0 Å². The zero-order valence-electron chi connectivity index (χ0n) is 13.1. The van der Waals surface area contributed by atoms with Gasteiger partial charge in [-0.25, -0.2) is 0 Å². The summed E-state index contributed by atoms with van der Waals surface area (Å²) < 4.78 is 0. The number of aromatic amines is 1. The molecule has 3 N–H and O–H groups in total. The van der Waals surface area contributed by atoms with Gasteiger partial charge in [0.25, 0.3) is 5.91 Å². The summed E-state index contributed by atoms with van der Waals surface area (Å²) in [4.78, 5) is 23.0. The van der Waals surface area contributed by atoms with Gasteiger partial charge in [0.1, 0.15) is 5.69 Å². The number of carboxylic acids is 1. The first kappa shape index (κ1) is 16.5. The molecule has 6 nitrogen and oxygen atoms in total. The zero-order chi connectivity index (χ0) is 15.9. The van der Waals surface area contributed by atoms with E-state index in [0.717, 1.165) is 12.1 Å². The van der Waals surface area contributed by atoms with Crippen LogP contribution in [-0.4, -0.2) is 33.2 Å².